The number of benzene rings is 1. The molecule has 0 unspecified atom stereocenters. The molecule has 142 valence electrons. The fourth-order valence-corrected chi connectivity index (χ4v) is 4.05. The van der Waals surface area contributed by atoms with Crippen molar-refractivity contribution in [3.63, 3.8) is 0 Å². The molecule has 0 bridgehead atoms. The SMILES string of the molecule is CC(=O)N(CCC(=O)NC1CCCCC1)c1ccc(N2CCCC2)cc1. The van der Waals surface area contributed by atoms with Crippen LogP contribution in [0.1, 0.15) is 58.3 Å². The van der Waals surface area contributed by atoms with E-state index < -0.39 is 0 Å². The summed E-state index contributed by atoms with van der Waals surface area (Å²) in [5.74, 6) is 0.0289. The second kappa shape index (κ2) is 9.06. The van der Waals surface area contributed by atoms with E-state index in [-0.39, 0.29) is 11.8 Å². The largest absolute Gasteiger partial charge is 0.372 e. The van der Waals surface area contributed by atoms with E-state index in [0.717, 1.165) is 31.6 Å². The van der Waals surface area contributed by atoms with Crippen LogP contribution in [-0.2, 0) is 9.59 Å². The Morgan fingerprint density at radius 3 is 2.31 bits per heavy atom. The van der Waals surface area contributed by atoms with E-state index in [1.54, 1.807) is 11.8 Å². The van der Waals surface area contributed by atoms with Crippen LogP contribution < -0.4 is 15.1 Å². The zero-order chi connectivity index (χ0) is 18.4. The zero-order valence-electron chi connectivity index (χ0n) is 15.9. The molecular formula is C21H31N3O2. The van der Waals surface area contributed by atoms with Crippen LogP contribution in [-0.4, -0.2) is 37.5 Å². The van der Waals surface area contributed by atoms with Gasteiger partial charge in [0.2, 0.25) is 11.8 Å². The number of amides is 2. The number of nitrogens with zero attached hydrogens (tertiary/aromatic N) is 2. The van der Waals surface area contributed by atoms with Crippen molar-refractivity contribution in [1.82, 2.24) is 5.32 Å². The molecular weight excluding hydrogens is 326 g/mol. The summed E-state index contributed by atoms with van der Waals surface area (Å²) < 4.78 is 0. The van der Waals surface area contributed by atoms with Gasteiger partial charge in [-0.15, -0.1) is 0 Å². The fraction of sp³-hybridized carbons (Fsp3) is 0.619. The summed E-state index contributed by atoms with van der Waals surface area (Å²) in [5, 5.41) is 3.13. The zero-order valence-corrected chi connectivity index (χ0v) is 15.9. The van der Waals surface area contributed by atoms with Crippen molar-refractivity contribution in [2.24, 2.45) is 0 Å². The first-order chi connectivity index (χ1) is 12.6. The van der Waals surface area contributed by atoms with Gasteiger partial charge in [0.1, 0.15) is 0 Å². The Kier molecular flexibility index (Phi) is 6.53. The highest BCUT2D eigenvalue weighted by Gasteiger charge is 2.18. The number of hydrogen-bond donors (Lipinski definition) is 1. The van der Waals surface area contributed by atoms with Gasteiger partial charge < -0.3 is 15.1 Å². The summed E-state index contributed by atoms with van der Waals surface area (Å²) >= 11 is 0. The molecule has 2 fully saturated rings. The number of carbonyl (C=O) groups is 2. The van der Waals surface area contributed by atoms with Crippen molar-refractivity contribution in [1.29, 1.82) is 0 Å². The standard InChI is InChI=1S/C21H31N3O2/c1-17(25)24(16-13-21(26)22-18-7-3-2-4-8-18)20-11-9-19(10-12-20)23-14-5-6-15-23/h9-12,18H,2-8,13-16H2,1H3,(H,22,26). The van der Waals surface area contributed by atoms with E-state index >= 15 is 0 Å². The number of hydrogen-bond acceptors (Lipinski definition) is 3. The minimum Gasteiger partial charge on any atom is -0.372 e. The van der Waals surface area contributed by atoms with E-state index in [2.05, 4.69) is 22.3 Å². The van der Waals surface area contributed by atoms with Crippen molar-refractivity contribution in [2.45, 2.75) is 64.3 Å². The quantitative estimate of drug-likeness (QED) is 0.848. The van der Waals surface area contributed by atoms with Crippen molar-refractivity contribution in [3.05, 3.63) is 24.3 Å². The smallest absolute Gasteiger partial charge is 0.223 e. The van der Waals surface area contributed by atoms with Crippen LogP contribution in [0.15, 0.2) is 24.3 Å². The Hall–Kier alpha value is -2.04. The lowest BCUT2D eigenvalue weighted by Gasteiger charge is -2.25. The number of rotatable bonds is 6. The van der Waals surface area contributed by atoms with Crippen molar-refractivity contribution >= 4 is 23.2 Å². The van der Waals surface area contributed by atoms with Gasteiger partial charge in [-0.3, -0.25) is 9.59 Å². The second-order valence-corrected chi connectivity index (χ2v) is 7.53. The molecule has 1 saturated heterocycles. The maximum atomic E-state index is 12.2. The van der Waals surface area contributed by atoms with E-state index in [1.807, 2.05) is 12.1 Å². The number of nitrogens with one attached hydrogen (secondary N) is 1. The molecule has 1 aliphatic carbocycles. The highest BCUT2D eigenvalue weighted by atomic mass is 16.2. The molecule has 1 saturated carbocycles. The van der Waals surface area contributed by atoms with Gasteiger partial charge in [-0.05, 0) is 49.9 Å². The van der Waals surface area contributed by atoms with E-state index in [9.17, 15) is 9.59 Å². The van der Waals surface area contributed by atoms with Crippen molar-refractivity contribution < 1.29 is 9.59 Å². The lowest BCUT2D eigenvalue weighted by molar-refractivity contribution is -0.121. The Bertz CT molecular complexity index is 602. The van der Waals surface area contributed by atoms with Gasteiger partial charge in [0.05, 0.1) is 0 Å². The summed E-state index contributed by atoms with van der Waals surface area (Å²) in [6.07, 6.45) is 8.69. The predicted molar refractivity (Wildman–Crippen MR) is 106 cm³/mol. The van der Waals surface area contributed by atoms with Crippen LogP contribution in [0, 0.1) is 0 Å². The van der Waals surface area contributed by atoms with Crippen LogP contribution in [0.2, 0.25) is 0 Å². The summed E-state index contributed by atoms with van der Waals surface area (Å²) in [6.45, 7) is 4.21. The molecule has 1 N–H and O–H groups in total. The monoisotopic (exact) mass is 357 g/mol. The molecule has 5 heteroatoms. The van der Waals surface area contributed by atoms with Crippen molar-refractivity contribution in [2.75, 3.05) is 29.4 Å². The average Bonchev–Trinajstić information content (AvgIpc) is 3.18. The molecule has 26 heavy (non-hydrogen) atoms. The Morgan fingerprint density at radius 2 is 1.69 bits per heavy atom. The van der Waals surface area contributed by atoms with Gasteiger partial charge in [-0.25, -0.2) is 0 Å². The third-order valence-corrected chi connectivity index (χ3v) is 5.55. The second-order valence-electron chi connectivity index (χ2n) is 7.53. The van der Waals surface area contributed by atoms with Gasteiger partial charge in [0.15, 0.2) is 0 Å². The first-order valence-corrected chi connectivity index (χ1v) is 10.1. The minimum atomic E-state index is -0.0237. The normalized spacial score (nSPS) is 18.0. The van der Waals surface area contributed by atoms with Crippen LogP contribution in [0.4, 0.5) is 11.4 Å². The van der Waals surface area contributed by atoms with Gasteiger partial charge in [0.25, 0.3) is 0 Å². The highest BCUT2D eigenvalue weighted by molar-refractivity contribution is 5.92. The van der Waals surface area contributed by atoms with Crippen molar-refractivity contribution in [3.8, 4) is 0 Å². The maximum absolute atomic E-state index is 12.2. The van der Waals surface area contributed by atoms with E-state index in [4.69, 9.17) is 0 Å². The van der Waals surface area contributed by atoms with Crippen LogP contribution in [0.25, 0.3) is 0 Å². The van der Waals surface area contributed by atoms with E-state index in [0.29, 0.717) is 19.0 Å². The third-order valence-electron chi connectivity index (χ3n) is 5.55. The molecule has 0 spiro atoms. The summed E-state index contributed by atoms with van der Waals surface area (Å²) in [5.41, 5.74) is 2.08. The van der Waals surface area contributed by atoms with Gasteiger partial charge >= 0.3 is 0 Å². The third kappa shape index (κ3) is 4.99. The molecule has 0 radical (unpaired) electrons. The molecule has 1 heterocycles. The lowest BCUT2D eigenvalue weighted by Crippen LogP contribution is -2.39. The average molecular weight is 357 g/mol. The Labute approximate surface area is 156 Å². The number of anilines is 2. The lowest BCUT2D eigenvalue weighted by atomic mass is 9.95. The molecule has 5 nitrogen and oxygen atoms in total. The fourth-order valence-electron chi connectivity index (χ4n) is 4.05. The van der Waals surface area contributed by atoms with Crippen LogP contribution >= 0.6 is 0 Å². The first-order valence-electron chi connectivity index (χ1n) is 10.1. The predicted octanol–water partition coefficient (Wildman–Crippen LogP) is 3.48. The molecule has 0 aromatic heterocycles. The molecule has 2 aliphatic rings. The van der Waals surface area contributed by atoms with Gasteiger partial charge in [-0.1, -0.05) is 19.3 Å². The molecule has 1 aliphatic heterocycles. The number of carbonyl (C=O) groups excluding carboxylic acids is 2. The van der Waals surface area contributed by atoms with Gasteiger partial charge in [0, 0.05) is 50.4 Å². The van der Waals surface area contributed by atoms with Crippen LogP contribution in [0.3, 0.4) is 0 Å². The summed E-state index contributed by atoms with van der Waals surface area (Å²) in [7, 11) is 0. The van der Waals surface area contributed by atoms with Gasteiger partial charge in [-0.2, -0.15) is 0 Å². The Morgan fingerprint density at radius 1 is 1.04 bits per heavy atom. The first kappa shape index (κ1) is 18.7. The molecule has 0 atom stereocenters. The van der Waals surface area contributed by atoms with Crippen LogP contribution in [0.5, 0.6) is 0 Å². The Balaban J connectivity index is 1.54. The molecule has 3 rings (SSSR count). The summed E-state index contributed by atoms with van der Waals surface area (Å²) in [4.78, 5) is 28.4. The van der Waals surface area contributed by atoms with E-state index in [1.165, 1.54) is 37.8 Å². The maximum Gasteiger partial charge on any atom is 0.223 e. The molecule has 1 aromatic carbocycles. The molecule has 1 aromatic rings. The topological polar surface area (TPSA) is 52.7 Å². The highest BCUT2D eigenvalue weighted by Crippen LogP contribution is 2.24. The molecule has 2 amide bonds. The minimum absolute atomic E-state index is 0.0237. The summed E-state index contributed by atoms with van der Waals surface area (Å²) in [6, 6.07) is 8.47.